The molecule has 0 unspecified atom stereocenters. The molecule has 0 spiro atoms. The molecule has 0 aromatic carbocycles. The van der Waals surface area contributed by atoms with Crippen molar-refractivity contribution in [3.8, 4) is 0 Å². The minimum absolute atomic E-state index is 0.0214. The van der Waals surface area contributed by atoms with Gasteiger partial charge in [-0.15, -0.1) is 13.2 Å². The van der Waals surface area contributed by atoms with Gasteiger partial charge < -0.3 is 9.47 Å². The van der Waals surface area contributed by atoms with Crippen LogP contribution in [0.3, 0.4) is 0 Å². The summed E-state index contributed by atoms with van der Waals surface area (Å²) < 4.78 is 49.1. The van der Waals surface area contributed by atoms with Gasteiger partial charge in [0.2, 0.25) is 0 Å². The van der Waals surface area contributed by atoms with Crippen molar-refractivity contribution in [1.29, 1.82) is 0 Å². The largest absolute Gasteiger partial charge is 0.522 e. The fraction of sp³-hybridized carbons (Fsp3) is 1.00. The lowest BCUT2D eigenvalue weighted by atomic mass is 9.79. The molecule has 0 amide bonds. The van der Waals surface area contributed by atoms with Gasteiger partial charge in [-0.05, 0) is 19.3 Å². The maximum absolute atomic E-state index is 11.6. The Hall–Kier alpha value is -0.330. The van der Waals surface area contributed by atoms with E-state index in [4.69, 9.17) is 9.47 Å². The summed E-state index contributed by atoms with van der Waals surface area (Å²) in [5, 5.41) is 0. The van der Waals surface area contributed by atoms with Crippen LogP contribution in [0.15, 0.2) is 0 Å². The third-order valence-electron chi connectivity index (χ3n) is 2.99. The first-order valence-electron chi connectivity index (χ1n) is 5.88. The molecule has 3 nitrogen and oxygen atoms in total. The van der Waals surface area contributed by atoms with E-state index >= 15 is 0 Å². The van der Waals surface area contributed by atoms with Crippen LogP contribution < -0.4 is 0 Å². The van der Waals surface area contributed by atoms with E-state index in [0.29, 0.717) is 6.61 Å². The normalized spacial score (nSPS) is 14.0. The molecule has 0 aliphatic rings. The summed E-state index contributed by atoms with van der Waals surface area (Å²) in [5.74, 6) is 0. The second-order valence-electron chi connectivity index (χ2n) is 5.52. The minimum atomic E-state index is -4.59. The zero-order valence-corrected chi connectivity index (χ0v) is 11.7. The highest BCUT2D eigenvalue weighted by atomic mass is 19.4. The number of alkyl halides is 3. The third-order valence-corrected chi connectivity index (χ3v) is 2.99. The molecule has 0 aliphatic carbocycles. The first-order valence-corrected chi connectivity index (χ1v) is 5.88. The van der Waals surface area contributed by atoms with E-state index in [1.165, 1.54) is 0 Å². The van der Waals surface area contributed by atoms with E-state index in [9.17, 15) is 13.2 Å². The molecule has 0 radical (unpaired) electrons. The van der Waals surface area contributed by atoms with Crippen molar-refractivity contribution >= 4 is 0 Å². The maximum Gasteiger partial charge on any atom is 0.522 e. The molecule has 0 bridgehead atoms. The Kier molecular flexibility index (Phi) is 6.60. The van der Waals surface area contributed by atoms with Crippen molar-refractivity contribution in [2.75, 3.05) is 26.4 Å². The predicted molar refractivity (Wildman–Crippen MR) is 62.3 cm³/mol. The molecule has 0 saturated carbocycles. The fourth-order valence-corrected chi connectivity index (χ4v) is 0.891. The van der Waals surface area contributed by atoms with Gasteiger partial charge in [0.25, 0.3) is 0 Å². The molecule has 6 heteroatoms. The standard InChI is InChI=1S/C12H23F3O3/c1-10(2,3)11(4,5)17-8-6-16-7-9-18-12(13,14)15/h6-9H2,1-5H3. The number of ether oxygens (including phenoxy) is 3. The molecule has 0 heterocycles. The molecule has 0 atom stereocenters. The summed E-state index contributed by atoms with van der Waals surface area (Å²) in [6.45, 7) is 10.1. The molecule has 0 saturated heterocycles. The molecule has 110 valence electrons. The Morgan fingerprint density at radius 1 is 0.722 bits per heavy atom. The zero-order chi connectivity index (χ0) is 14.4. The quantitative estimate of drug-likeness (QED) is 0.665. The first-order chi connectivity index (χ1) is 7.96. The smallest absolute Gasteiger partial charge is 0.377 e. The number of rotatable bonds is 7. The van der Waals surface area contributed by atoms with E-state index in [2.05, 4.69) is 25.5 Å². The lowest BCUT2D eigenvalue weighted by Crippen LogP contribution is -2.40. The van der Waals surface area contributed by atoms with Crippen LogP contribution in [-0.4, -0.2) is 38.4 Å². The minimum Gasteiger partial charge on any atom is -0.377 e. The summed E-state index contributed by atoms with van der Waals surface area (Å²) >= 11 is 0. The third kappa shape index (κ3) is 7.89. The van der Waals surface area contributed by atoms with Gasteiger partial charge in [0.05, 0.1) is 32.0 Å². The van der Waals surface area contributed by atoms with Gasteiger partial charge in [0.15, 0.2) is 0 Å². The van der Waals surface area contributed by atoms with Crippen LogP contribution in [0.25, 0.3) is 0 Å². The van der Waals surface area contributed by atoms with Gasteiger partial charge in [-0.2, -0.15) is 0 Å². The Labute approximate surface area is 107 Å². The van der Waals surface area contributed by atoms with Gasteiger partial charge in [0.1, 0.15) is 0 Å². The fourth-order valence-electron chi connectivity index (χ4n) is 0.891. The van der Waals surface area contributed by atoms with E-state index in [0.717, 1.165) is 0 Å². The number of hydrogen-bond donors (Lipinski definition) is 0. The number of halogens is 3. The van der Waals surface area contributed by atoms with Crippen molar-refractivity contribution in [3.05, 3.63) is 0 Å². The highest BCUT2D eigenvalue weighted by molar-refractivity contribution is 4.83. The maximum atomic E-state index is 11.6. The zero-order valence-electron chi connectivity index (χ0n) is 11.7. The lowest BCUT2D eigenvalue weighted by Gasteiger charge is -2.38. The summed E-state index contributed by atoms with van der Waals surface area (Å²) in [4.78, 5) is 0. The van der Waals surface area contributed by atoms with Crippen LogP contribution >= 0.6 is 0 Å². The van der Waals surface area contributed by atoms with Crippen LogP contribution in [-0.2, 0) is 14.2 Å². The lowest BCUT2D eigenvalue weighted by molar-refractivity contribution is -0.327. The molecule has 0 fully saturated rings. The second kappa shape index (κ2) is 6.73. The summed E-state index contributed by atoms with van der Waals surface area (Å²) in [6, 6.07) is 0. The first kappa shape index (κ1) is 17.7. The van der Waals surface area contributed by atoms with Crippen molar-refractivity contribution in [2.45, 2.75) is 46.6 Å². The van der Waals surface area contributed by atoms with Gasteiger partial charge in [0, 0.05) is 0 Å². The highest BCUT2D eigenvalue weighted by Gasteiger charge is 2.33. The molecular formula is C12H23F3O3. The van der Waals surface area contributed by atoms with Crippen molar-refractivity contribution in [1.82, 2.24) is 0 Å². The molecule has 0 rings (SSSR count). The van der Waals surface area contributed by atoms with E-state index in [1.807, 2.05) is 13.8 Å². The van der Waals surface area contributed by atoms with Crippen molar-refractivity contribution in [2.24, 2.45) is 5.41 Å². The van der Waals surface area contributed by atoms with E-state index in [-0.39, 0.29) is 24.2 Å². The van der Waals surface area contributed by atoms with Gasteiger partial charge >= 0.3 is 6.36 Å². The topological polar surface area (TPSA) is 27.7 Å². The van der Waals surface area contributed by atoms with Crippen LogP contribution in [0.1, 0.15) is 34.6 Å². The van der Waals surface area contributed by atoms with Crippen LogP contribution in [0.5, 0.6) is 0 Å². The Balaban J connectivity index is 3.58. The summed E-state index contributed by atoms with van der Waals surface area (Å²) in [5.41, 5.74) is -0.342. The average molecular weight is 272 g/mol. The Bertz CT molecular complexity index is 232. The van der Waals surface area contributed by atoms with Gasteiger partial charge in [-0.25, -0.2) is 0 Å². The summed E-state index contributed by atoms with van der Waals surface area (Å²) in [7, 11) is 0. The molecular weight excluding hydrogens is 249 g/mol. The second-order valence-corrected chi connectivity index (χ2v) is 5.52. The molecule has 0 aliphatic heterocycles. The average Bonchev–Trinajstić information content (AvgIpc) is 2.12. The molecule has 18 heavy (non-hydrogen) atoms. The predicted octanol–water partition coefficient (Wildman–Crippen LogP) is 3.38. The van der Waals surface area contributed by atoms with Crippen LogP contribution in [0.4, 0.5) is 13.2 Å². The summed E-state index contributed by atoms with van der Waals surface area (Å²) in [6.07, 6.45) is -4.59. The van der Waals surface area contributed by atoms with Gasteiger partial charge in [-0.1, -0.05) is 20.8 Å². The molecule has 0 N–H and O–H groups in total. The Morgan fingerprint density at radius 3 is 1.56 bits per heavy atom. The number of hydrogen-bond acceptors (Lipinski definition) is 3. The van der Waals surface area contributed by atoms with E-state index < -0.39 is 13.0 Å². The monoisotopic (exact) mass is 272 g/mol. The van der Waals surface area contributed by atoms with Crippen LogP contribution in [0, 0.1) is 5.41 Å². The van der Waals surface area contributed by atoms with Crippen molar-refractivity contribution in [3.63, 3.8) is 0 Å². The Morgan fingerprint density at radius 2 is 1.17 bits per heavy atom. The molecule has 0 aromatic rings. The van der Waals surface area contributed by atoms with Crippen molar-refractivity contribution < 1.29 is 27.4 Å². The van der Waals surface area contributed by atoms with Crippen LogP contribution in [0.2, 0.25) is 0 Å². The van der Waals surface area contributed by atoms with E-state index in [1.54, 1.807) is 0 Å². The SMILES string of the molecule is CC(C)(C)C(C)(C)OCCOCCOC(F)(F)F. The van der Waals surface area contributed by atoms with Gasteiger partial charge in [-0.3, -0.25) is 4.74 Å². The highest BCUT2D eigenvalue weighted by Crippen LogP contribution is 2.32. The molecule has 0 aromatic heterocycles.